The molecule has 0 aliphatic carbocycles. The number of nitrogens with one attached hydrogen (secondary N) is 1. The Kier molecular flexibility index (Phi) is 7.03. The lowest BCUT2D eigenvalue weighted by atomic mass is 10.1. The summed E-state index contributed by atoms with van der Waals surface area (Å²) in [6.07, 6.45) is 1.27. The van der Waals surface area contributed by atoms with E-state index in [-0.39, 0.29) is 35.7 Å². The fraction of sp³-hybridized carbons (Fsp3) is 0.455. The number of carboxylic acid groups (broad SMARTS) is 1. The zero-order valence-electron chi connectivity index (χ0n) is 12.2. The molecule has 0 spiro atoms. The average molecular weight is 351 g/mol. The van der Waals surface area contributed by atoms with Crippen LogP contribution in [-0.2, 0) is 31.9 Å². The molecule has 0 aromatic carbocycles. The normalized spacial score (nSPS) is 13.0. The molecule has 1 aromatic heterocycles. The van der Waals surface area contributed by atoms with Gasteiger partial charge in [-0.25, -0.2) is 10.5 Å². The minimum absolute atomic E-state index is 0.130. The third-order valence-electron chi connectivity index (χ3n) is 2.90. The van der Waals surface area contributed by atoms with E-state index in [0.29, 0.717) is 0 Å². The summed E-state index contributed by atoms with van der Waals surface area (Å²) in [7, 11) is -4.70. The number of aromatic hydroxyl groups is 1. The first-order valence-corrected chi connectivity index (χ1v) is 7.83. The molecule has 23 heavy (non-hydrogen) atoms. The Balaban J connectivity index is 2.96. The maximum Gasteiger partial charge on any atom is 0.469 e. The van der Waals surface area contributed by atoms with Crippen molar-refractivity contribution in [2.24, 2.45) is 5.90 Å². The van der Waals surface area contributed by atoms with Gasteiger partial charge in [0, 0.05) is 23.9 Å². The standard InChI is InChI=1S/C11H18N3O8P/c1-6-10(15)8(3-14-9(5-21-12)11(16)17)7(2-13-6)4-22-23(18,19)20/h2,9,14-15H,3-5,12H2,1H3,(H,16,17)(H2,18,19,20). The SMILES string of the molecule is Cc1ncc(COP(=O)(O)O)c(CNC(CON)C(=O)O)c1O. The van der Waals surface area contributed by atoms with Crippen LogP contribution in [0.15, 0.2) is 6.20 Å². The van der Waals surface area contributed by atoms with E-state index in [2.05, 4.69) is 19.7 Å². The second-order valence-electron chi connectivity index (χ2n) is 4.57. The van der Waals surface area contributed by atoms with Gasteiger partial charge in [-0.05, 0) is 6.92 Å². The molecule has 11 nitrogen and oxygen atoms in total. The Bertz CT molecular complexity index is 605. The van der Waals surface area contributed by atoms with Crippen LogP contribution in [0.4, 0.5) is 0 Å². The van der Waals surface area contributed by atoms with Gasteiger partial charge in [0.2, 0.25) is 0 Å². The van der Waals surface area contributed by atoms with Crippen LogP contribution in [0.1, 0.15) is 16.8 Å². The van der Waals surface area contributed by atoms with E-state index in [9.17, 15) is 14.5 Å². The Morgan fingerprint density at radius 2 is 2.17 bits per heavy atom. The van der Waals surface area contributed by atoms with Crippen molar-refractivity contribution in [3.63, 3.8) is 0 Å². The van der Waals surface area contributed by atoms with Crippen LogP contribution in [0.5, 0.6) is 5.75 Å². The second kappa shape index (κ2) is 8.31. The van der Waals surface area contributed by atoms with Crippen LogP contribution in [0.25, 0.3) is 0 Å². The van der Waals surface area contributed by atoms with Crippen LogP contribution in [0.2, 0.25) is 0 Å². The van der Waals surface area contributed by atoms with Gasteiger partial charge >= 0.3 is 13.8 Å². The number of carboxylic acids is 1. The highest BCUT2D eigenvalue weighted by Crippen LogP contribution is 2.38. The van der Waals surface area contributed by atoms with Crippen LogP contribution >= 0.6 is 7.82 Å². The molecule has 1 unspecified atom stereocenters. The number of nitrogens with zero attached hydrogens (tertiary/aromatic N) is 1. The average Bonchev–Trinajstić information content (AvgIpc) is 2.45. The van der Waals surface area contributed by atoms with Crippen molar-refractivity contribution >= 4 is 13.8 Å². The first kappa shape index (κ1) is 19.5. The van der Waals surface area contributed by atoms with Gasteiger partial charge in [0.05, 0.1) is 18.9 Å². The highest BCUT2D eigenvalue weighted by atomic mass is 31.2. The number of aromatic nitrogens is 1. The van der Waals surface area contributed by atoms with Crippen molar-refractivity contribution in [3.8, 4) is 5.75 Å². The lowest BCUT2D eigenvalue weighted by Crippen LogP contribution is -2.41. The highest BCUT2D eigenvalue weighted by Gasteiger charge is 2.21. The van der Waals surface area contributed by atoms with Crippen molar-refractivity contribution in [1.82, 2.24) is 10.3 Å². The van der Waals surface area contributed by atoms with E-state index in [4.69, 9.17) is 20.8 Å². The number of hydrogen-bond donors (Lipinski definition) is 6. The van der Waals surface area contributed by atoms with Crippen molar-refractivity contribution in [3.05, 3.63) is 23.0 Å². The van der Waals surface area contributed by atoms with Crippen LogP contribution in [-0.4, -0.2) is 43.6 Å². The van der Waals surface area contributed by atoms with Gasteiger partial charge < -0.3 is 24.8 Å². The molecule has 0 fully saturated rings. The van der Waals surface area contributed by atoms with Gasteiger partial charge in [0.15, 0.2) is 0 Å². The monoisotopic (exact) mass is 351 g/mol. The predicted molar refractivity (Wildman–Crippen MR) is 75.9 cm³/mol. The summed E-state index contributed by atoms with van der Waals surface area (Å²) in [4.78, 5) is 36.6. The number of aryl methyl sites for hydroxylation is 1. The van der Waals surface area contributed by atoms with Gasteiger partial charge in [-0.15, -0.1) is 0 Å². The number of nitrogens with two attached hydrogens (primary N) is 1. The maximum absolute atomic E-state index is 11.0. The lowest BCUT2D eigenvalue weighted by Gasteiger charge is -2.17. The minimum atomic E-state index is -4.70. The third-order valence-corrected chi connectivity index (χ3v) is 3.37. The van der Waals surface area contributed by atoms with E-state index in [1.165, 1.54) is 13.1 Å². The number of phosphoric ester groups is 1. The molecule has 0 aliphatic heterocycles. The molecule has 0 saturated carbocycles. The van der Waals surface area contributed by atoms with Crippen LogP contribution in [0.3, 0.4) is 0 Å². The van der Waals surface area contributed by atoms with Crippen molar-refractivity contribution in [2.75, 3.05) is 6.61 Å². The molecule has 1 atom stereocenters. The van der Waals surface area contributed by atoms with Gasteiger partial charge in [0.25, 0.3) is 0 Å². The molecular weight excluding hydrogens is 333 g/mol. The first-order valence-electron chi connectivity index (χ1n) is 6.30. The molecule has 130 valence electrons. The number of pyridine rings is 1. The van der Waals surface area contributed by atoms with Crippen molar-refractivity contribution < 1.29 is 38.7 Å². The van der Waals surface area contributed by atoms with Crippen molar-refractivity contribution in [1.29, 1.82) is 0 Å². The summed E-state index contributed by atoms with van der Waals surface area (Å²) in [5.74, 6) is 3.40. The molecule has 1 aromatic rings. The fourth-order valence-electron chi connectivity index (χ4n) is 1.70. The number of aliphatic carboxylic acids is 1. The van der Waals surface area contributed by atoms with Gasteiger partial charge in [0.1, 0.15) is 11.8 Å². The van der Waals surface area contributed by atoms with E-state index in [0.717, 1.165) is 0 Å². The Morgan fingerprint density at radius 1 is 1.52 bits per heavy atom. The smallest absolute Gasteiger partial charge is 0.469 e. The van der Waals surface area contributed by atoms with Crippen molar-refractivity contribution in [2.45, 2.75) is 26.1 Å². The molecular formula is C11H18N3O8P. The zero-order chi connectivity index (χ0) is 17.6. The topological polar surface area (TPSA) is 184 Å². The quantitative estimate of drug-likeness (QED) is 0.240. The molecule has 0 saturated heterocycles. The molecule has 0 bridgehead atoms. The summed E-state index contributed by atoms with van der Waals surface area (Å²) in [6, 6.07) is -1.14. The fourth-order valence-corrected chi connectivity index (χ4v) is 2.01. The number of hydrogen-bond acceptors (Lipinski definition) is 8. The summed E-state index contributed by atoms with van der Waals surface area (Å²) in [6.45, 7) is 0.571. The van der Waals surface area contributed by atoms with Crippen LogP contribution in [0, 0.1) is 6.92 Å². The van der Waals surface area contributed by atoms with E-state index in [1.54, 1.807) is 0 Å². The largest absolute Gasteiger partial charge is 0.506 e. The number of carbonyl (C=O) groups is 1. The highest BCUT2D eigenvalue weighted by molar-refractivity contribution is 7.46. The summed E-state index contributed by atoms with van der Waals surface area (Å²) in [5, 5.41) is 21.6. The summed E-state index contributed by atoms with van der Waals surface area (Å²) < 4.78 is 15.2. The zero-order valence-corrected chi connectivity index (χ0v) is 13.1. The van der Waals surface area contributed by atoms with Crippen LogP contribution < -0.4 is 11.2 Å². The first-order chi connectivity index (χ1) is 10.7. The third kappa shape index (κ3) is 6.20. The van der Waals surface area contributed by atoms with E-state index >= 15 is 0 Å². The lowest BCUT2D eigenvalue weighted by molar-refractivity contribution is -0.141. The number of rotatable bonds is 9. The molecule has 0 aliphatic rings. The van der Waals surface area contributed by atoms with Gasteiger partial charge in [-0.3, -0.25) is 19.6 Å². The molecule has 1 heterocycles. The van der Waals surface area contributed by atoms with Gasteiger partial charge in [-0.1, -0.05) is 0 Å². The Morgan fingerprint density at radius 3 is 2.70 bits per heavy atom. The number of phosphoric acid groups is 1. The molecule has 7 N–H and O–H groups in total. The molecule has 1 rings (SSSR count). The minimum Gasteiger partial charge on any atom is -0.506 e. The Hall–Kier alpha value is -1.59. The molecule has 0 radical (unpaired) electrons. The Labute approximate surface area is 131 Å². The predicted octanol–water partition coefficient (Wildman–Crippen LogP) is -0.862. The maximum atomic E-state index is 11.0. The van der Waals surface area contributed by atoms with E-state index in [1.807, 2.05) is 0 Å². The van der Waals surface area contributed by atoms with E-state index < -0.39 is 26.4 Å². The second-order valence-corrected chi connectivity index (χ2v) is 5.80. The summed E-state index contributed by atoms with van der Waals surface area (Å²) in [5.41, 5.74) is 0.666. The molecule has 0 amide bonds. The van der Waals surface area contributed by atoms with Gasteiger partial charge in [-0.2, -0.15) is 0 Å². The summed E-state index contributed by atoms with van der Waals surface area (Å²) >= 11 is 0. The molecule has 12 heteroatoms.